The molecule has 0 aliphatic carbocycles. The molecule has 0 bridgehead atoms. The van der Waals surface area contributed by atoms with Crippen LogP contribution in [0.2, 0.25) is 0 Å². The van der Waals surface area contributed by atoms with Gasteiger partial charge in [-0.25, -0.2) is 14.8 Å². The first-order valence-corrected chi connectivity index (χ1v) is 7.99. The number of fused-ring (bicyclic) bond motifs is 1. The second-order valence-electron chi connectivity index (χ2n) is 6.25. The number of rotatable bonds is 4. The van der Waals surface area contributed by atoms with E-state index in [1.54, 1.807) is 11.9 Å². The highest BCUT2D eigenvalue weighted by Crippen LogP contribution is 2.38. The Balaban J connectivity index is 2.31. The molecule has 2 aromatic heterocycles. The van der Waals surface area contributed by atoms with Crippen LogP contribution in [0.4, 0.5) is 19.0 Å². The van der Waals surface area contributed by atoms with Crippen molar-refractivity contribution in [2.75, 3.05) is 11.9 Å². The van der Waals surface area contributed by atoms with E-state index in [4.69, 9.17) is 5.11 Å². The van der Waals surface area contributed by atoms with Crippen LogP contribution in [0.15, 0.2) is 24.4 Å². The minimum atomic E-state index is -4.66. The van der Waals surface area contributed by atoms with Crippen molar-refractivity contribution < 1.29 is 23.1 Å². The van der Waals surface area contributed by atoms with Gasteiger partial charge in [0.2, 0.25) is 0 Å². The van der Waals surface area contributed by atoms with E-state index >= 15 is 0 Å². The average Bonchev–Trinajstić information content (AvgIpc) is 3.09. The number of carbonyl (C=O) groups is 1. The lowest BCUT2D eigenvalue weighted by Crippen LogP contribution is -2.27. The molecule has 0 radical (unpaired) electrons. The number of benzene rings is 1. The number of H-pyrrole nitrogens is 1. The van der Waals surface area contributed by atoms with E-state index in [0.717, 1.165) is 6.20 Å². The van der Waals surface area contributed by atoms with Crippen molar-refractivity contribution in [3.05, 3.63) is 35.7 Å². The molecule has 0 amide bonds. The first kappa shape index (κ1) is 18.6. The third-order valence-electron chi connectivity index (χ3n) is 4.17. The second kappa shape index (κ2) is 6.53. The summed E-state index contributed by atoms with van der Waals surface area (Å²) in [4.78, 5) is 21.6. The van der Waals surface area contributed by atoms with E-state index in [-0.39, 0.29) is 39.7 Å². The summed E-state index contributed by atoms with van der Waals surface area (Å²) >= 11 is 0. The van der Waals surface area contributed by atoms with Crippen molar-refractivity contribution in [3.8, 4) is 11.3 Å². The van der Waals surface area contributed by atoms with Crippen molar-refractivity contribution in [1.82, 2.24) is 20.2 Å². The predicted octanol–water partition coefficient (Wildman–Crippen LogP) is 3.58. The maximum atomic E-state index is 13.3. The maximum absolute atomic E-state index is 13.3. The van der Waals surface area contributed by atoms with Gasteiger partial charge in [-0.15, -0.1) is 0 Å². The fraction of sp³-hybridized carbons (Fsp3) is 0.294. The summed E-state index contributed by atoms with van der Waals surface area (Å²) in [5, 5.41) is 14.7. The topological polar surface area (TPSA) is 95.0 Å². The van der Waals surface area contributed by atoms with Gasteiger partial charge < -0.3 is 10.0 Å². The fourth-order valence-corrected chi connectivity index (χ4v) is 2.54. The maximum Gasteiger partial charge on any atom is 0.435 e. The molecule has 3 aromatic rings. The molecule has 0 atom stereocenters. The number of hydrogen-bond acceptors (Lipinski definition) is 5. The summed E-state index contributed by atoms with van der Waals surface area (Å²) in [6, 6.07) is 4.00. The molecule has 142 valence electrons. The average molecular weight is 379 g/mol. The highest BCUT2D eigenvalue weighted by atomic mass is 19.4. The third-order valence-corrected chi connectivity index (χ3v) is 4.17. The zero-order valence-corrected chi connectivity index (χ0v) is 14.7. The Morgan fingerprint density at radius 1 is 1.22 bits per heavy atom. The van der Waals surface area contributed by atoms with E-state index in [0.29, 0.717) is 0 Å². The number of aromatic nitrogens is 4. The second-order valence-corrected chi connectivity index (χ2v) is 6.25. The van der Waals surface area contributed by atoms with Crippen LogP contribution in [0.1, 0.15) is 29.9 Å². The van der Waals surface area contributed by atoms with Crippen molar-refractivity contribution in [1.29, 1.82) is 0 Å². The smallest absolute Gasteiger partial charge is 0.435 e. The van der Waals surface area contributed by atoms with Gasteiger partial charge in [0.05, 0.1) is 22.2 Å². The van der Waals surface area contributed by atoms with Gasteiger partial charge in [-0.2, -0.15) is 18.3 Å². The third kappa shape index (κ3) is 3.42. The first-order chi connectivity index (χ1) is 12.6. The minimum absolute atomic E-state index is 0.0157. The lowest BCUT2D eigenvalue weighted by Gasteiger charge is -2.25. The lowest BCUT2D eigenvalue weighted by molar-refractivity contribution is -0.140. The summed E-state index contributed by atoms with van der Waals surface area (Å²) in [5.74, 6) is -0.928. The van der Waals surface area contributed by atoms with E-state index in [1.165, 1.54) is 18.2 Å². The number of nitrogens with zero attached hydrogens (tertiary/aromatic N) is 4. The summed E-state index contributed by atoms with van der Waals surface area (Å²) < 4.78 is 39.9. The molecule has 2 heterocycles. The molecule has 0 unspecified atom stereocenters. The SMILES string of the molecule is CC(C)N(C)c1nc2cc(C(=O)O)ccc2nc1-c1c[nH]nc1C(F)(F)F. The van der Waals surface area contributed by atoms with Crippen LogP contribution in [0.25, 0.3) is 22.3 Å². The van der Waals surface area contributed by atoms with Crippen molar-refractivity contribution in [3.63, 3.8) is 0 Å². The van der Waals surface area contributed by atoms with Crippen LogP contribution in [0.5, 0.6) is 0 Å². The van der Waals surface area contributed by atoms with Gasteiger partial charge in [0.25, 0.3) is 0 Å². The Morgan fingerprint density at radius 2 is 1.93 bits per heavy atom. The molecule has 7 nitrogen and oxygen atoms in total. The number of aromatic carboxylic acids is 1. The van der Waals surface area contributed by atoms with Gasteiger partial charge in [-0.3, -0.25) is 5.10 Å². The van der Waals surface area contributed by atoms with Gasteiger partial charge in [0.15, 0.2) is 11.5 Å². The van der Waals surface area contributed by atoms with Gasteiger partial charge in [0, 0.05) is 19.3 Å². The lowest BCUT2D eigenvalue weighted by atomic mass is 10.1. The number of carboxylic acid groups (broad SMARTS) is 1. The molecule has 0 aliphatic rings. The van der Waals surface area contributed by atoms with Crippen molar-refractivity contribution in [2.45, 2.75) is 26.1 Å². The van der Waals surface area contributed by atoms with Crippen molar-refractivity contribution in [2.24, 2.45) is 0 Å². The van der Waals surface area contributed by atoms with Gasteiger partial charge in [0.1, 0.15) is 5.69 Å². The Labute approximate surface area is 151 Å². The molecule has 0 saturated carbocycles. The number of nitrogens with one attached hydrogen (secondary N) is 1. The molecule has 0 aliphatic heterocycles. The molecule has 27 heavy (non-hydrogen) atoms. The summed E-state index contributed by atoms with van der Waals surface area (Å²) in [7, 11) is 1.68. The number of anilines is 1. The largest absolute Gasteiger partial charge is 0.478 e. The number of halogens is 3. The van der Waals surface area contributed by atoms with E-state index in [2.05, 4.69) is 20.2 Å². The normalized spacial score (nSPS) is 12.0. The Morgan fingerprint density at radius 3 is 2.52 bits per heavy atom. The first-order valence-electron chi connectivity index (χ1n) is 7.99. The molecule has 0 fully saturated rings. The Bertz CT molecular complexity index is 1010. The Hall–Kier alpha value is -3.17. The van der Waals surface area contributed by atoms with E-state index in [9.17, 15) is 18.0 Å². The number of carboxylic acids is 1. The molecule has 2 N–H and O–H groups in total. The Kier molecular flexibility index (Phi) is 4.50. The summed E-state index contributed by atoms with van der Waals surface area (Å²) in [6.45, 7) is 3.70. The number of hydrogen-bond donors (Lipinski definition) is 2. The molecular weight excluding hydrogens is 363 g/mol. The molecule has 0 saturated heterocycles. The zero-order valence-electron chi connectivity index (χ0n) is 14.7. The summed E-state index contributed by atoms with van der Waals surface area (Å²) in [5.41, 5.74) is -0.716. The van der Waals surface area contributed by atoms with Crippen LogP contribution < -0.4 is 4.90 Å². The van der Waals surface area contributed by atoms with E-state index in [1.807, 2.05) is 13.8 Å². The zero-order chi connectivity index (χ0) is 19.9. The van der Waals surface area contributed by atoms with Crippen LogP contribution in [-0.2, 0) is 6.18 Å². The molecule has 10 heteroatoms. The highest BCUT2D eigenvalue weighted by molar-refractivity contribution is 5.93. The quantitative estimate of drug-likeness (QED) is 0.719. The fourth-order valence-electron chi connectivity index (χ4n) is 2.54. The van der Waals surface area contributed by atoms with Crippen molar-refractivity contribution >= 4 is 22.8 Å². The van der Waals surface area contributed by atoms with Crippen LogP contribution in [-0.4, -0.2) is 44.3 Å². The van der Waals surface area contributed by atoms with Crippen LogP contribution in [0, 0.1) is 0 Å². The molecule has 3 rings (SSSR count). The summed E-state index contributed by atoms with van der Waals surface area (Å²) in [6.07, 6.45) is -3.53. The molecule has 0 spiro atoms. The van der Waals surface area contributed by atoms with Gasteiger partial charge in [-0.05, 0) is 32.0 Å². The van der Waals surface area contributed by atoms with Crippen LogP contribution >= 0.6 is 0 Å². The van der Waals surface area contributed by atoms with Gasteiger partial charge >= 0.3 is 12.1 Å². The standard InChI is InChI=1S/C17H16F3N5O2/c1-8(2)25(3)15-13(10-7-21-24-14(10)17(18,19)20)22-11-5-4-9(16(26)27)6-12(11)23-15/h4-8H,1-3H3,(H,21,24)(H,26,27). The molecule has 1 aromatic carbocycles. The highest BCUT2D eigenvalue weighted by Gasteiger charge is 2.38. The van der Waals surface area contributed by atoms with Gasteiger partial charge in [-0.1, -0.05) is 0 Å². The minimum Gasteiger partial charge on any atom is -0.478 e. The monoisotopic (exact) mass is 379 g/mol. The number of alkyl halides is 3. The van der Waals surface area contributed by atoms with E-state index < -0.39 is 17.8 Å². The van der Waals surface area contributed by atoms with Crippen LogP contribution in [0.3, 0.4) is 0 Å². The predicted molar refractivity (Wildman–Crippen MR) is 92.6 cm³/mol. The number of aromatic amines is 1. The molecular formula is C17H16F3N5O2.